The van der Waals surface area contributed by atoms with Crippen LogP contribution in [-0.4, -0.2) is 4.98 Å². The third kappa shape index (κ3) is 1.45. The van der Waals surface area contributed by atoms with E-state index < -0.39 is 28.4 Å². The summed E-state index contributed by atoms with van der Waals surface area (Å²) in [6.07, 6.45) is -2.21. The van der Waals surface area contributed by atoms with E-state index in [1.54, 1.807) is 4.98 Å². The van der Waals surface area contributed by atoms with E-state index in [0.29, 0.717) is 6.20 Å². The molecule has 1 N–H and O–H groups in total. The fraction of sp³-hybridized carbons (Fsp3) is 0.167. The number of hydrogen-bond donors (Lipinski definition) is 1. The SMILES string of the molecule is O=c1[nH]cc(C(F)F)c(Cl)c1F. The fourth-order valence-corrected chi connectivity index (χ4v) is 0.878. The van der Waals surface area contributed by atoms with Gasteiger partial charge in [-0.3, -0.25) is 4.79 Å². The van der Waals surface area contributed by atoms with Crippen LogP contribution in [0.4, 0.5) is 13.2 Å². The lowest BCUT2D eigenvalue weighted by atomic mass is 10.3. The number of aromatic amines is 1. The minimum atomic E-state index is -2.90. The molecular weight excluding hydrogens is 195 g/mol. The molecule has 1 rings (SSSR count). The van der Waals surface area contributed by atoms with Crippen LogP contribution in [0.5, 0.6) is 0 Å². The number of alkyl halides is 2. The van der Waals surface area contributed by atoms with Crippen LogP contribution >= 0.6 is 11.6 Å². The van der Waals surface area contributed by atoms with Crippen LogP contribution in [0.1, 0.15) is 12.0 Å². The van der Waals surface area contributed by atoms with Crippen molar-refractivity contribution >= 4 is 11.6 Å². The summed E-state index contributed by atoms with van der Waals surface area (Å²) in [4.78, 5) is 12.3. The molecular formula is C6H3ClF3NO. The van der Waals surface area contributed by atoms with Crippen LogP contribution in [0.25, 0.3) is 0 Å². The molecule has 0 saturated heterocycles. The van der Waals surface area contributed by atoms with Gasteiger partial charge in [0, 0.05) is 6.20 Å². The molecule has 0 aliphatic heterocycles. The topological polar surface area (TPSA) is 32.9 Å². The Bertz CT molecular complexity index is 349. The number of nitrogens with one attached hydrogen (secondary N) is 1. The predicted octanol–water partition coefficient (Wildman–Crippen LogP) is 2.10. The first-order chi connectivity index (χ1) is 5.54. The van der Waals surface area contributed by atoms with Crippen LogP contribution in [0.3, 0.4) is 0 Å². The summed E-state index contributed by atoms with van der Waals surface area (Å²) in [7, 11) is 0. The minimum Gasteiger partial charge on any atom is -0.326 e. The number of hydrogen-bond acceptors (Lipinski definition) is 1. The third-order valence-corrected chi connectivity index (χ3v) is 1.62. The molecule has 0 atom stereocenters. The highest BCUT2D eigenvalue weighted by Gasteiger charge is 2.17. The number of aromatic nitrogens is 1. The van der Waals surface area contributed by atoms with Gasteiger partial charge in [0.25, 0.3) is 12.0 Å². The van der Waals surface area contributed by atoms with Gasteiger partial charge in [-0.2, -0.15) is 4.39 Å². The number of pyridine rings is 1. The van der Waals surface area contributed by atoms with E-state index in [2.05, 4.69) is 0 Å². The van der Waals surface area contributed by atoms with Gasteiger partial charge in [0.05, 0.1) is 10.6 Å². The Kier molecular flexibility index (Phi) is 2.42. The first-order valence-electron chi connectivity index (χ1n) is 2.88. The lowest BCUT2D eigenvalue weighted by molar-refractivity contribution is 0.150. The van der Waals surface area contributed by atoms with E-state index in [1.165, 1.54) is 0 Å². The maximum absolute atomic E-state index is 12.5. The highest BCUT2D eigenvalue weighted by atomic mass is 35.5. The Morgan fingerprint density at radius 1 is 1.50 bits per heavy atom. The third-order valence-electron chi connectivity index (χ3n) is 1.24. The second-order valence-corrected chi connectivity index (χ2v) is 2.38. The summed E-state index contributed by atoms with van der Waals surface area (Å²) in [5.41, 5.74) is -1.82. The highest BCUT2D eigenvalue weighted by molar-refractivity contribution is 6.31. The maximum atomic E-state index is 12.5. The smallest absolute Gasteiger partial charge is 0.285 e. The van der Waals surface area contributed by atoms with E-state index in [0.717, 1.165) is 0 Å². The molecule has 0 spiro atoms. The molecule has 6 heteroatoms. The molecule has 0 amide bonds. The fourth-order valence-electron chi connectivity index (χ4n) is 0.655. The molecule has 0 radical (unpaired) electrons. The van der Waals surface area contributed by atoms with Gasteiger partial charge in [0.1, 0.15) is 0 Å². The zero-order chi connectivity index (χ0) is 9.30. The lowest BCUT2D eigenvalue weighted by Crippen LogP contribution is -2.12. The lowest BCUT2D eigenvalue weighted by Gasteiger charge is -2.01. The summed E-state index contributed by atoms with van der Waals surface area (Å²) < 4.78 is 36.5. The van der Waals surface area contributed by atoms with Gasteiger partial charge in [-0.25, -0.2) is 8.78 Å². The molecule has 0 unspecified atom stereocenters. The van der Waals surface area contributed by atoms with Gasteiger partial charge >= 0.3 is 0 Å². The molecule has 0 aliphatic carbocycles. The van der Waals surface area contributed by atoms with Gasteiger partial charge in [0.15, 0.2) is 0 Å². The predicted molar refractivity (Wildman–Crippen MR) is 37.0 cm³/mol. The number of rotatable bonds is 1. The second-order valence-electron chi connectivity index (χ2n) is 2.00. The normalized spacial score (nSPS) is 10.8. The summed E-state index contributed by atoms with van der Waals surface area (Å²) in [5.74, 6) is -1.38. The van der Waals surface area contributed by atoms with Gasteiger partial charge in [-0.1, -0.05) is 11.6 Å². The molecule has 0 aromatic carbocycles. The minimum absolute atomic E-state index is 0.693. The Morgan fingerprint density at radius 2 is 2.08 bits per heavy atom. The first kappa shape index (κ1) is 9.12. The quantitative estimate of drug-likeness (QED) is 0.735. The van der Waals surface area contributed by atoms with Crippen molar-refractivity contribution in [2.24, 2.45) is 0 Å². The molecule has 0 bridgehead atoms. The van der Waals surface area contributed by atoms with Gasteiger partial charge < -0.3 is 4.98 Å². The van der Waals surface area contributed by atoms with E-state index in [-0.39, 0.29) is 0 Å². The van der Waals surface area contributed by atoms with Gasteiger partial charge in [-0.05, 0) is 0 Å². The van der Waals surface area contributed by atoms with Crippen molar-refractivity contribution in [3.63, 3.8) is 0 Å². The molecule has 0 aliphatic rings. The summed E-state index contributed by atoms with van der Waals surface area (Å²) in [5, 5.41) is -0.825. The molecule has 66 valence electrons. The average Bonchev–Trinajstić information content (AvgIpc) is 2.00. The van der Waals surface area contributed by atoms with Crippen molar-refractivity contribution < 1.29 is 13.2 Å². The maximum Gasteiger partial charge on any atom is 0.285 e. The Balaban J connectivity index is 3.36. The first-order valence-corrected chi connectivity index (χ1v) is 3.26. The summed E-state index contributed by atoms with van der Waals surface area (Å²) in [6, 6.07) is 0. The zero-order valence-corrected chi connectivity index (χ0v) is 6.33. The molecule has 12 heavy (non-hydrogen) atoms. The summed E-state index contributed by atoms with van der Waals surface area (Å²) >= 11 is 5.12. The van der Waals surface area contributed by atoms with Crippen molar-refractivity contribution in [3.05, 3.63) is 33.0 Å². The second kappa shape index (κ2) is 3.18. The van der Waals surface area contributed by atoms with E-state index in [4.69, 9.17) is 11.6 Å². The number of halogens is 4. The highest BCUT2D eigenvalue weighted by Crippen LogP contribution is 2.26. The van der Waals surface area contributed by atoms with E-state index in [1.807, 2.05) is 0 Å². The molecule has 2 nitrogen and oxygen atoms in total. The van der Waals surface area contributed by atoms with E-state index in [9.17, 15) is 18.0 Å². The Morgan fingerprint density at radius 3 is 2.58 bits per heavy atom. The van der Waals surface area contributed by atoms with Gasteiger partial charge in [0.2, 0.25) is 5.82 Å². The Labute approximate surface area is 70.0 Å². The van der Waals surface area contributed by atoms with Crippen molar-refractivity contribution in [2.75, 3.05) is 0 Å². The van der Waals surface area contributed by atoms with Crippen molar-refractivity contribution in [3.8, 4) is 0 Å². The summed E-state index contributed by atoms with van der Waals surface area (Å²) in [6.45, 7) is 0. The standard InChI is InChI=1S/C6H3ClF3NO/c7-3-2(5(9)10)1-11-6(12)4(3)8/h1,5H,(H,11,12). The molecule has 1 aromatic heterocycles. The molecule has 1 aromatic rings. The van der Waals surface area contributed by atoms with Crippen LogP contribution in [0.15, 0.2) is 11.0 Å². The van der Waals surface area contributed by atoms with Gasteiger partial charge in [-0.15, -0.1) is 0 Å². The molecule has 0 fully saturated rings. The molecule has 0 saturated carbocycles. The van der Waals surface area contributed by atoms with Crippen molar-refractivity contribution in [2.45, 2.75) is 6.43 Å². The van der Waals surface area contributed by atoms with Crippen LogP contribution in [0, 0.1) is 5.82 Å². The average molecular weight is 198 g/mol. The van der Waals surface area contributed by atoms with Crippen molar-refractivity contribution in [1.29, 1.82) is 0 Å². The zero-order valence-electron chi connectivity index (χ0n) is 5.57. The molecule has 1 heterocycles. The monoisotopic (exact) mass is 197 g/mol. The largest absolute Gasteiger partial charge is 0.326 e. The van der Waals surface area contributed by atoms with Crippen LogP contribution < -0.4 is 5.56 Å². The Hall–Kier alpha value is -0.970. The van der Waals surface area contributed by atoms with E-state index >= 15 is 0 Å². The number of H-pyrrole nitrogens is 1. The van der Waals surface area contributed by atoms with Crippen LogP contribution in [0.2, 0.25) is 5.02 Å². The van der Waals surface area contributed by atoms with Crippen molar-refractivity contribution in [1.82, 2.24) is 4.98 Å². The van der Waals surface area contributed by atoms with Crippen LogP contribution in [-0.2, 0) is 0 Å².